The van der Waals surface area contributed by atoms with Crippen LogP contribution in [-0.2, 0) is 9.47 Å². The summed E-state index contributed by atoms with van der Waals surface area (Å²) in [5.41, 5.74) is -0.521. The van der Waals surface area contributed by atoms with Gasteiger partial charge in [0.2, 0.25) is 0 Å². The van der Waals surface area contributed by atoms with E-state index in [1.165, 1.54) is 4.90 Å². The molecule has 0 radical (unpaired) electrons. The maximum Gasteiger partial charge on any atom is 0.409 e. The second-order valence-corrected chi connectivity index (χ2v) is 5.28. The van der Waals surface area contributed by atoms with E-state index in [9.17, 15) is 9.59 Å². The highest BCUT2D eigenvalue weighted by Gasteiger charge is 2.16. The van der Waals surface area contributed by atoms with Gasteiger partial charge in [-0.1, -0.05) is 0 Å². The first kappa shape index (κ1) is 16.5. The third-order valence-electron chi connectivity index (χ3n) is 1.76. The van der Waals surface area contributed by atoms with E-state index in [1.807, 2.05) is 0 Å². The summed E-state index contributed by atoms with van der Waals surface area (Å²) in [4.78, 5) is 24.1. The number of nitrogens with zero attached hydrogens (tertiary/aromatic N) is 1. The maximum atomic E-state index is 11.4. The molecule has 0 spiro atoms. The first-order valence-electron chi connectivity index (χ1n) is 6.00. The van der Waals surface area contributed by atoms with E-state index < -0.39 is 17.8 Å². The molecule has 0 aromatic carbocycles. The predicted octanol–water partition coefficient (Wildman–Crippen LogP) is 1.99. The third-order valence-corrected chi connectivity index (χ3v) is 1.76. The Hall–Kier alpha value is -1.46. The first-order chi connectivity index (χ1) is 8.11. The predicted molar refractivity (Wildman–Crippen MR) is 68.5 cm³/mol. The van der Waals surface area contributed by atoms with Crippen molar-refractivity contribution in [3.8, 4) is 0 Å². The molecule has 0 aromatic heterocycles. The Balaban J connectivity index is 3.84. The summed E-state index contributed by atoms with van der Waals surface area (Å²) in [5.74, 6) is 0. The molecule has 0 aromatic rings. The summed E-state index contributed by atoms with van der Waals surface area (Å²) in [7, 11) is 1.61. The lowest BCUT2D eigenvalue weighted by atomic mass is 10.2. The molecule has 6 heteroatoms. The van der Waals surface area contributed by atoms with Gasteiger partial charge in [-0.3, -0.25) is 0 Å². The fourth-order valence-corrected chi connectivity index (χ4v) is 1.02. The van der Waals surface area contributed by atoms with Crippen LogP contribution in [0.5, 0.6) is 0 Å². The van der Waals surface area contributed by atoms with Crippen LogP contribution in [0.1, 0.15) is 34.6 Å². The van der Waals surface area contributed by atoms with Gasteiger partial charge in [0.05, 0.1) is 6.10 Å². The van der Waals surface area contributed by atoms with Crippen molar-refractivity contribution in [1.82, 2.24) is 10.2 Å². The molecule has 0 bridgehead atoms. The Kier molecular flexibility index (Phi) is 6.51. The number of hydrogen-bond acceptors (Lipinski definition) is 4. The number of alkyl carbamates (subject to hydrolysis) is 1. The third kappa shape index (κ3) is 8.66. The first-order valence-corrected chi connectivity index (χ1v) is 6.00. The minimum atomic E-state index is -0.521. The van der Waals surface area contributed by atoms with Crippen molar-refractivity contribution in [2.45, 2.75) is 46.3 Å². The fraction of sp³-hybridized carbons (Fsp3) is 0.833. The van der Waals surface area contributed by atoms with Crippen LogP contribution in [0.4, 0.5) is 9.59 Å². The number of amides is 2. The molecule has 0 atom stereocenters. The molecule has 0 rings (SSSR count). The van der Waals surface area contributed by atoms with Crippen molar-refractivity contribution >= 4 is 12.2 Å². The zero-order chi connectivity index (χ0) is 14.3. The van der Waals surface area contributed by atoms with Gasteiger partial charge in [0, 0.05) is 20.1 Å². The Morgan fingerprint density at radius 1 is 1.28 bits per heavy atom. The summed E-state index contributed by atoms with van der Waals surface area (Å²) in [6.07, 6.45) is -1.05. The maximum absolute atomic E-state index is 11.4. The molecule has 2 amide bonds. The van der Waals surface area contributed by atoms with E-state index in [0.717, 1.165) is 0 Å². The van der Waals surface area contributed by atoms with Gasteiger partial charge in [-0.15, -0.1) is 0 Å². The summed E-state index contributed by atoms with van der Waals surface area (Å²) >= 11 is 0. The molecule has 0 unspecified atom stereocenters. The van der Waals surface area contributed by atoms with Crippen LogP contribution in [0, 0.1) is 0 Å². The van der Waals surface area contributed by atoms with Crippen LogP contribution in [0.3, 0.4) is 0 Å². The van der Waals surface area contributed by atoms with Gasteiger partial charge >= 0.3 is 12.2 Å². The molecule has 0 saturated heterocycles. The van der Waals surface area contributed by atoms with Crippen LogP contribution in [0.2, 0.25) is 0 Å². The van der Waals surface area contributed by atoms with Gasteiger partial charge in [-0.05, 0) is 34.6 Å². The smallest absolute Gasteiger partial charge is 0.409 e. The molecule has 18 heavy (non-hydrogen) atoms. The fourth-order valence-electron chi connectivity index (χ4n) is 1.02. The van der Waals surface area contributed by atoms with E-state index in [0.29, 0.717) is 13.1 Å². The zero-order valence-electron chi connectivity index (χ0n) is 12.1. The minimum absolute atomic E-state index is 0.154. The Bertz CT molecular complexity index is 284. The lowest BCUT2D eigenvalue weighted by Crippen LogP contribution is -2.39. The number of ether oxygens (including phenoxy) is 2. The monoisotopic (exact) mass is 260 g/mol. The standard InChI is InChI=1S/C12H24N2O4/c1-9(2)17-11(16)14(6)8-7-13-10(15)18-12(3,4)5/h9H,7-8H2,1-6H3,(H,13,15). The number of hydrogen-bond donors (Lipinski definition) is 1. The van der Waals surface area contributed by atoms with Gasteiger partial charge in [0.25, 0.3) is 0 Å². The highest BCUT2D eigenvalue weighted by Crippen LogP contribution is 2.06. The lowest BCUT2D eigenvalue weighted by Gasteiger charge is -2.21. The molecule has 0 fully saturated rings. The quantitative estimate of drug-likeness (QED) is 0.839. The Morgan fingerprint density at radius 3 is 2.28 bits per heavy atom. The molecule has 0 aliphatic carbocycles. The highest BCUT2D eigenvalue weighted by molar-refractivity contribution is 5.68. The number of rotatable bonds is 4. The SMILES string of the molecule is CC(C)OC(=O)N(C)CCNC(=O)OC(C)(C)C. The number of likely N-dealkylation sites (N-methyl/N-ethyl adjacent to an activating group) is 1. The molecule has 0 aliphatic heterocycles. The summed E-state index contributed by atoms with van der Waals surface area (Å²) in [6.45, 7) is 9.62. The van der Waals surface area contributed by atoms with Gasteiger partial charge < -0.3 is 19.7 Å². The molecular formula is C12H24N2O4. The molecule has 0 heterocycles. The summed E-state index contributed by atoms with van der Waals surface area (Å²) < 4.78 is 10.1. The van der Waals surface area contributed by atoms with E-state index in [4.69, 9.17) is 9.47 Å². The largest absolute Gasteiger partial charge is 0.447 e. The number of carbonyl (C=O) groups excluding carboxylic acids is 2. The second-order valence-electron chi connectivity index (χ2n) is 5.28. The van der Waals surface area contributed by atoms with Crippen LogP contribution < -0.4 is 5.32 Å². The van der Waals surface area contributed by atoms with Gasteiger partial charge in [0.1, 0.15) is 5.60 Å². The molecule has 106 valence electrons. The molecule has 0 saturated carbocycles. The van der Waals surface area contributed by atoms with E-state index in [-0.39, 0.29) is 6.10 Å². The van der Waals surface area contributed by atoms with Crippen LogP contribution in [-0.4, -0.2) is 48.9 Å². The van der Waals surface area contributed by atoms with E-state index >= 15 is 0 Å². The van der Waals surface area contributed by atoms with Crippen LogP contribution in [0.25, 0.3) is 0 Å². The van der Waals surface area contributed by atoms with Crippen molar-refractivity contribution in [2.24, 2.45) is 0 Å². The van der Waals surface area contributed by atoms with Gasteiger partial charge in [0.15, 0.2) is 0 Å². The van der Waals surface area contributed by atoms with Crippen LogP contribution in [0.15, 0.2) is 0 Å². The second kappa shape index (κ2) is 7.08. The zero-order valence-corrected chi connectivity index (χ0v) is 12.1. The molecule has 1 N–H and O–H groups in total. The van der Waals surface area contributed by atoms with E-state index in [2.05, 4.69) is 5.32 Å². The average molecular weight is 260 g/mol. The molecule has 6 nitrogen and oxygen atoms in total. The van der Waals surface area contributed by atoms with Gasteiger partial charge in [-0.25, -0.2) is 9.59 Å². The Labute approximate surface area is 109 Å². The highest BCUT2D eigenvalue weighted by atomic mass is 16.6. The Morgan fingerprint density at radius 2 is 1.83 bits per heavy atom. The van der Waals surface area contributed by atoms with Crippen molar-refractivity contribution in [2.75, 3.05) is 20.1 Å². The van der Waals surface area contributed by atoms with Crippen LogP contribution >= 0.6 is 0 Å². The summed E-state index contributed by atoms with van der Waals surface area (Å²) in [6, 6.07) is 0. The lowest BCUT2D eigenvalue weighted by molar-refractivity contribution is 0.0513. The summed E-state index contributed by atoms with van der Waals surface area (Å²) in [5, 5.41) is 2.57. The number of nitrogens with one attached hydrogen (secondary N) is 1. The van der Waals surface area contributed by atoms with Crippen molar-refractivity contribution in [1.29, 1.82) is 0 Å². The normalized spacial score (nSPS) is 11.1. The van der Waals surface area contributed by atoms with Crippen molar-refractivity contribution in [3.63, 3.8) is 0 Å². The number of carbonyl (C=O) groups is 2. The minimum Gasteiger partial charge on any atom is -0.447 e. The van der Waals surface area contributed by atoms with Gasteiger partial charge in [-0.2, -0.15) is 0 Å². The average Bonchev–Trinajstić information content (AvgIpc) is 2.13. The van der Waals surface area contributed by atoms with Crippen molar-refractivity contribution in [3.05, 3.63) is 0 Å². The molecule has 0 aliphatic rings. The molecular weight excluding hydrogens is 236 g/mol. The van der Waals surface area contributed by atoms with E-state index in [1.54, 1.807) is 41.7 Å². The van der Waals surface area contributed by atoms with Crippen molar-refractivity contribution < 1.29 is 19.1 Å². The topological polar surface area (TPSA) is 67.9 Å².